The van der Waals surface area contributed by atoms with Crippen LogP contribution in [-0.2, 0) is 10.0 Å². The molecule has 1 aliphatic heterocycles. The van der Waals surface area contributed by atoms with Crippen LogP contribution in [0.3, 0.4) is 0 Å². The van der Waals surface area contributed by atoms with Crippen LogP contribution in [0.15, 0.2) is 47.4 Å². The monoisotopic (exact) mass is 382 g/mol. The molecule has 1 aromatic carbocycles. The van der Waals surface area contributed by atoms with E-state index < -0.39 is 10.0 Å². The molecule has 0 bridgehead atoms. The normalized spacial score (nSPS) is 15.3. The summed E-state index contributed by atoms with van der Waals surface area (Å²) in [5.74, 6) is 0. The lowest BCUT2D eigenvalue weighted by Gasteiger charge is -2.16. The Morgan fingerprint density at radius 3 is 2.30 bits per heavy atom. The van der Waals surface area contributed by atoms with Gasteiger partial charge in [0.1, 0.15) is 0 Å². The fraction of sp³-hybridized carbons (Fsp3) is 0.300. The lowest BCUT2D eigenvalue weighted by atomic mass is 10.2. The number of hydrogen-bond acceptors (Lipinski definition) is 5. The van der Waals surface area contributed by atoms with Crippen LogP contribution in [0.4, 0.5) is 11.4 Å². The van der Waals surface area contributed by atoms with E-state index in [1.807, 2.05) is 32.0 Å². The largest absolute Gasteiger partial charge is 0.355 e. The van der Waals surface area contributed by atoms with Crippen LogP contribution in [0.1, 0.15) is 24.2 Å². The van der Waals surface area contributed by atoms with Gasteiger partial charge in [-0.1, -0.05) is 0 Å². The number of hydrogen-bond donors (Lipinski definition) is 1. The third-order valence-corrected chi connectivity index (χ3v) is 6.69. The van der Waals surface area contributed by atoms with E-state index in [9.17, 15) is 8.42 Å². The second kappa shape index (κ2) is 6.90. The van der Waals surface area contributed by atoms with Crippen molar-refractivity contribution in [3.05, 3.63) is 53.9 Å². The van der Waals surface area contributed by atoms with Crippen LogP contribution in [0.25, 0.3) is 11.0 Å². The van der Waals surface area contributed by atoms with Crippen LogP contribution >= 0.6 is 0 Å². The molecule has 1 saturated heterocycles. The van der Waals surface area contributed by atoms with E-state index in [1.54, 1.807) is 28.6 Å². The van der Waals surface area contributed by atoms with E-state index in [2.05, 4.69) is 15.3 Å². The number of aryl methyl sites for hydroxylation is 2. The Balaban J connectivity index is 1.63. The maximum absolute atomic E-state index is 12.6. The van der Waals surface area contributed by atoms with Crippen LogP contribution < -0.4 is 5.32 Å². The molecule has 4 rings (SSSR count). The molecule has 1 fully saturated rings. The molecular weight excluding hydrogens is 360 g/mol. The predicted octanol–water partition coefficient (Wildman–Crippen LogP) is 3.77. The lowest BCUT2D eigenvalue weighted by Crippen LogP contribution is -2.27. The fourth-order valence-corrected chi connectivity index (χ4v) is 4.89. The molecule has 6 nitrogen and oxygen atoms in total. The van der Waals surface area contributed by atoms with Gasteiger partial charge in [-0.2, -0.15) is 4.31 Å². The summed E-state index contributed by atoms with van der Waals surface area (Å²) in [7, 11) is -3.39. The number of rotatable bonds is 4. The number of nitrogens with zero attached hydrogens (tertiary/aromatic N) is 3. The highest BCUT2D eigenvalue weighted by molar-refractivity contribution is 7.89. The van der Waals surface area contributed by atoms with Crippen molar-refractivity contribution in [2.75, 3.05) is 18.4 Å². The van der Waals surface area contributed by atoms with E-state index in [0.29, 0.717) is 23.6 Å². The SMILES string of the molecule is Cc1ccc2c(Nc3ccc(S(=O)(=O)N4CCCC4)cc3)cc(C)nc2n1. The van der Waals surface area contributed by atoms with Crippen molar-refractivity contribution >= 4 is 32.4 Å². The minimum atomic E-state index is -3.39. The van der Waals surface area contributed by atoms with Gasteiger partial charge in [0.05, 0.1) is 10.6 Å². The Morgan fingerprint density at radius 1 is 0.926 bits per heavy atom. The number of sulfonamides is 1. The molecule has 0 unspecified atom stereocenters. The first-order valence-electron chi connectivity index (χ1n) is 9.06. The zero-order chi connectivity index (χ0) is 19.0. The van der Waals surface area contributed by atoms with Gasteiger partial charge >= 0.3 is 0 Å². The van der Waals surface area contributed by atoms with Crippen molar-refractivity contribution in [2.45, 2.75) is 31.6 Å². The Labute approximate surface area is 159 Å². The Hall–Kier alpha value is -2.51. The third-order valence-electron chi connectivity index (χ3n) is 4.78. The van der Waals surface area contributed by atoms with Crippen molar-refractivity contribution in [1.82, 2.24) is 14.3 Å². The van der Waals surface area contributed by atoms with Crippen LogP contribution in [0, 0.1) is 13.8 Å². The predicted molar refractivity (Wildman–Crippen MR) is 107 cm³/mol. The van der Waals surface area contributed by atoms with Crippen molar-refractivity contribution in [3.63, 3.8) is 0 Å². The first kappa shape index (κ1) is 17.9. The van der Waals surface area contributed by atoms with Gasteiger partial charge in [-0.05, 0) is 69.2 Å². The first-order chi connectivity index (χ1) is 12.9. The molecule has 0 amide bonds. The number of aromatic nitrogens is 2. The van der Waals surface area contributed by atoms with Gasteiger partial charge in [-0.25, -0.2) is 18.4 Å². The van der Waals surface area contributed by atoms with E-state index >= 15 is 0 Å². The van der Waals surface area contributed by atoms with E-state index in [4.69, 9.17) is 0 Å². The maximum Gasteiger partial charge on any atom is 0.243 e. The van der Waals surface area contributed by atoms with E-state index in [1.165, 1.54) is 0 Å². The molecular formula is C20H22N4O2S. The summed E-state index contributed by atoms with van der Waals surface area (Å²) < 4.78 is 26.8. The summed E-state index contributed by atoms with van der Waals surface area (Å²) >= 11 is 0. The molecule has 140 valence electrons. The zero-order valence-electron chi connectivity index (χ0n) is 15.4. The minimum Gasteiger partial charge on any atom is -0.355 e. The van der Waals surface area contributed by atoms with Gasteiger partial charge in [0.15, 0.2) is 5.65 Å². The highest BCUT2D eigenvalue weighted by Crippen LogP contribution is 2.27. The van der Waals surface area contributed by atoms with Crippen molar-refractivity contribution in [2.24, 2.45) is 0 Å². The summed E-state index contributed by atoms with van der Waals surface area (Å²) in [4.78, 5) is 9.32. The fourth-order valence-electron chi connectivity index (χ4n) is 3.37. The summed E-state index contributed by atoms with van der Waals surface area (Å²) in [6, 6.07) is 12.8. The Morgan fingerprint density at radius 2 is 1.59 bits per heavy atom. The molecule has 7 heteroatoms. The molecule has 0 aliphatic carbocycles. The van der Waals surface area contributed by atoms with Gasteiger partial charge in [0.2, 0.25) is 10.0 Å². The highest BCUT2D eigenvalue weighted by atomic mass is 32.2. The summed E-state index contributed by atoms with van der Waals surface area (Å²) in [6.07, 6.45) is 1.86. The molecule has 2 aromatic heterocycles. The number of fused-ring (bicyclic) bond motifs is 1. The topological polar surface area (TPSA) is 75.2 Å². The molecule has 0 radical (unpaired) electrons. The molecule has 3 heterocycles. The first-order valence-corrected chi connectivity index (χ1v) is 10.5. The van der Waals surface area contributed by atoms with Crippen molar-refractivity contribution in [1.29, 1.82) is 0 Å². The Kier molecular flexibility index (Phi) is 4.57. The molecule has 3 aromatic rings. The second-order valence-electron chi connectivity index (χ2n) is 6.90. The number of nitrogens with one attached hydrogen (secondary N) is 1. The molecule has 27 heavy (non-hydrogen) atoms. The molecule has 1 N–H and O–H groups in total. The standard InChI is InChI=1S/C20H22N4O2S/c1-14-5-10-18-19(13-15(2)22-20(18)21-14)23-16-6-8-17(9-7-16)27(25,26)24-11-3-4-12-24/h5-10,13H,3-4,11-12H2,1-2H3,(H,21,22,23). The Bertz CT molecular complexity index is 1080. The minimum absolute atomic E-state index is 0.336. The number of benzene rings is 1. The van der Waals surface area contributed by atoms with Crippen LogP contribution in [0.2, 0.25) is 0 Å². The van der Waals surface area contributed by atoms with Crippen molar-refractivity contribution < 1.29 is 8.42 Å². The molecule has 1 aliphatic rings. The van der Waals surface area contributed by atoms with Crippen LogP contribution in [0.5, 0.6) is 0 Å². The molecule has 0 atom stereocenters. The van der Waals surface area contributed by atoms with E-state index in [-0.39, 0.29) is 0 Å². The number of anilines is 2. The summed E-state index contributed by atoms with van der Waals surface area (Å²) in [5, 5.41) is 4.30. The smallest absolute Gasteiger partial charge is 0.243 e. The quantitative estimate of drug-likeness (QED) is 0.743. The van der Waals surface area contributed by atoms with Gasteiger partial charge < -0.3 is 5.32 Å². The van der Waals surface area contributed by atoms with E-state index in [0.717, 1.165) is 41.0 Å². The lowest BCUT2D eigenvalue weighted by molar-refractivity contribution is 0.477. The van der Waals surface area contributed by atoms with Gasteiger partial charge in [0.25, 0.3) is 0 Å². The van der Waals surface area contributed by atoms with Crippen molar-refractivity contribution in [3.8, 4) is 0 Å². The molecule has 0 spiro atoms. The number of pyridine rings is 2. The zero-order valence-corrected chi connectivity index (χ0v) is 16.3. The van der Waals surface area contributed by atoms with Gasteiger partial charge in [0, 0.05) is 35.6 Å². The van der Waals surface area contributed by atoms with Gasteiger partial charge in [-0.3, -0.25) is 0 Å². The molecule has 0 saturated carbocycles. The van der Waals surface area contributed by atoms with Crippen LogP contribution in [-0.4, -0.2) is 35.8 Å². The third kappa shape index (κ3) is 3.52. The summed E-state index contributed by atoms with van der Waals surface area (Å²) in [6.45, 7) is 5.09. The average molecular weight is 382 g/mol. The highest BCUT2D eigenvalue weighted by Gasteiger charge is 2.26. The summed E-state index contributed by atoms with van der Waals surface area (Å²) in [5.41, 5.74) is 4.22. The average Bonchev–Trinajstić information content (AvgIpc) is 3.17. The second-order valence-corrected chi connectivity index (χ2v) is 8.83. The van der Waals surface area contributed by atoms with Gasteiger partial charge in [-0.15, -0.1) is 0 Å². The maximum atomic E-state index is 12.6.